The van der Waals surface area contributed by atoms with E-state index in [1.54, 1.807) is 19.9 Å². The van der Waals surface area contributed by atoms with Crippen LogP contribution in [0.4, 0.5) is 0 Å². The van der Waals surface area contributed by atoms with Crippen LogP contribution in [0.25, 0.3) is 22.3 Å². The molecule has 0 unspecified atom stereocenters. The third kappa shape index (κ3) is 13.8. The number of carbonyl (C=O) groups excluding carboxylic acids is 2. The van der Waals surface area contributed by atoms with Gasteiger partial charge in [-0.3, -0.25) is 4.79 Å². The first-order valence-corrected chi connectivity index (χ1v) is 20.4. The summed E-state index contributed by atoms with van der Waals surface area (Å²) in [4.78, 5) is 24.2. The van der Waals surface area contributed by atoms with Crippen LogP contribution in [0.2, 0.25) is 0 Å². The number of aryl methyl sites for hydroxylation is 2. The molecule has 0 atom stereocenters. The maximum absolute atomic E-state index is 12.3. The zero-order chi connectivity index (χ0) is 39.6. The van der Waals surface area contributed by atoms with Crippen molar-refractivity contribution in [2.75, 3.05) is 39.6 Å². The molecule has 0 spiro atoms. The molecule has 1 aliphatic rings. The Morgan fingerprint density at radius 1 is 0.709 bits per heavy atom. The molecule has 1 saturated carbocycles. The summed E-state index contributed by atoms with van der Waals surface area (Å²) in [6.45, 7) is 10.6. The SMILES string of the molecule is C=C(CO)C(=O)OCCOc1cc(OCCOC(=O)C(C)(C)CO)cc(-c2ccc(-c3ccc(CCC4CCC(CCCCC)CC4)cc3)c(CCC)c2)c1. The lowest BCUT2D eigenvalue weighted by Crippen LogP contribution is -2.31. The quantitative estimate of drug-likeness (QED) is 0.0559. The van der Waals surface area contributed by atoms with E-state index in [9.17, 15) is 14.7 Å². The average Bonchev–Trinajstić information content (AvgIpc) is 3.20. The van der Waals surface area contributed by atoms with Crippen molar-refractivity contribution in [2.45, 2.75) is 105 Å². The number of rotatable bonds is 23. The second-order valence-electron chi connectivity index (χ2n) is 15.7. The largest absolute Gasteiger partial charge is 0.490 e. The number of aliphatic hydroxyl groups excluding tert-OH is 2. The fourth-order valence-electron chi connectivity index (χ4n) is 7.16. The Morgan fingerprint density at radius 3 is 1.93 bits per heavy atom. The van der Waals surface area contributed by atoms with E-state index in [4.69, 9.17) is 24.1 Å². The highest BCUT2D eigenvalue weighted by Gasteiger charge is 2.28. The van der Waals surface area contributed by atoms with Crippen molar-refractivity contribution in [3.05, 3.63) is 83.9 Å². The third-order valence-corrected chi connectivity index (χ3v) is 10.7. The van der Waals surface area contributed by atoms with Crippen LogP contribution in [0.15, 0.2) is 72.8 Å². The van der Waals surface area contributed by atoms with Crippen molar-refractivity contribution >= 4 is 11.9 Å². The Labute approximate surface area is 329 Å². The molecule has 3 aromatic rings. The van der Waals surface area contributed by atoms with Gasteiger partial charge in [-0.2, -0.15) is 0 Å². The summed E-state index contributed by atoms with van der Waals surface area (Å²) in [5.74, 6) is 1.67. The zero-order valence-electron chi connectivity index (χ0n) is 33.7. The van der Waals surface area contributed by atoms with Crippen LogP contribution in [0.1, 0.15) is 103 Å². The van der Waals surface area contributed by atoms with E-state index in [0.717, 1.165) is 42.2 Å². The minimum Gasteiger partial charge on any atom is -0.490 e. The van der Waals surface area contributed by atoms with Crippen LogP contribution in [-0.2, 0) is 31.9 Å². The maximum Gasteiger partial charge on any atom is 0.335 e. The molecule has 0 aromatic heterocycles. The van der Waals surface area contributed by atoms with Crippen LogP contribution in [0, 0.1) is 17.3 Å². The van der Waals surface area contributed by atoms with Gasteiger partial charge in [-0.15, -0.1) is 0 Å². The number of unbranched alkanes of at least 4 members (excludes halogenated alkanes) is 2. The van der Waals surface area contributed by atoms with E-state index >= 15 is 0 Å². The maximum atomic E-state index is 12.3. The van der Waals surface area contributed by atoms with Crippen molar-refractivity contribution < 1.29 is 38.7 Å². The molecule has 2 N–H and O–H groups in total. The van der Waals surface area contributed by atoms with Gasteiger partial charge in [-0.05, 0) is 90.5 Å². The lowest BCUT2D eigenvalue weighted by atomic mass is 9.78. The Balaban J connectivity index is 1.45. The first kappa shape index (κ1) is 43.6. The topological polar surface area (TPSA) is 112 Å². The van der Waals surface area contributed by atoms with Gasteiger partial charge in [0.05, 0.1) is 24.2 Å². The van der Waals surface area contributed by atoms with Gasteiger partial charge < -0.3 is 29.2 Å². The van der Waals surface area contributed by atoms with Crippen molar-refractivity contribution in [1.82, 2.24) is 0 Å². The minimum absolute atomic E-state index is 0.0156. The van der Waals surface area contributed by atoms with Crippen LogP contribution in [0.3, 0.4) is 0 Å². The number of hydrogen-bond acceptors (Lipinski definition) is 8. The van der Waals surface area contributed by atoms with Crippen LogP contribution >= 0.6 is 0 Å². The van der Waals surface area contributed by atoms with Gasteiger partial charge in [0.15, 0.2) is 0 Å². The standard InChI is InChI=1S/C47H64O8/c1-6-8-9-11-35-12-14-36(15-13-35)16-17-37-18-20-38(21-19-37)44-23-22-39(28-40(44)10-7-2)41-29-42(52-24-26-54-45(50)34(3)32-48)31-43(30-41)53-25-27-55-46(51)47(4,5)33-49/h18-23,28-31,35-36,48-49H,3,6-17,24-27,32-33H2,1-2,4-5H3. The fraction of sp³-hybridized carbons (Fsp3) is 0.532. The smallest absolute Gasteiger partial charge is 0.335 e. The van der Waals surface area contributed by atoms with Gasteiger partial charge in [0, 0.05) is 6.07 Å². The van der Waals surface area contributed by atoms with Crippen molar-refractivity contribution in [3.8, 4) is 33.8 Å². The Kier molecular flexibility index (Phi) is 17.8. The Hall–Kier alpha value is -4.14. The lowest BCUT2D eigenvalue weighted by Gasteiger charge is -2.28. The molecule has 0 bridgehead atoms. The predicted molar refractivity (Wildman–Crippen MR) is 219 cm³/mol. The monoisotopic (exact) mass is 756 g/mol. The molecule has 0 saturated heterocycles. The van der Waals surface area contributed by atoms with Gasteiger partial charge in [-0.25, -0.2) is 4.79 Å². The summed E-state index contributed by atoms with van der Waals surface area (Å²) in [6, 6.07) is 21.3. The Bertz CT molecular complexity index is 1650. The molecular formula is C47H64O8. The molecule has 8 nitrogen and oxygen atoms in total. The van der Waals surface area contributed by atoms with Crippen molar-refractivity contribution in [2.24, 2.45) is 17.3 Å². The lowest BCUT2D eigenvalue weighted by molar-refractivity contribution is -0.156. The molecular weight excluding hydrogens is 693 g/mol. The first-order valence-electron chi connectivity index (χ1n) is 20.4. The number of esters is 2. The number of ether oxygens (including phenoxy) is 4. The number of carbonyl (C=O) groups is 2. The molecule has 0 radical (unpaired) electrons. The van der Waals surface area contributed by atoms with E-state index in [1.165, 1.54) is 80.0 Å². The van der Waals surface area contributed by atoms with Crippen LogP contribution in [-0.4, -0.2) is 61.8 Å². The third-order valence-electron chi connectivity index (χ3n) is 10.7. The molecule has 8 heteroatoms. The highest BCUT2D eigenvalue weighted by atomic mass is 16.6. The molecule has 1 fully saturated rings. The van der Waals surface area contributed by atoms with Crippen LogP contribution < -0.4 is 9.47 Å². The van der Waals surface area contributed by atoms with E-state index in [0.29, 0.717) is 11.5 Å². The van der Waals surface area contributed by atoms with Gasteiger partial charge in [0.2, 0.25) is 0 Å². The Morgan fingerprint density at radius 2 is 1.33 bits per heavy atom. The molecule has 55 heavy (non-hydrogen) atoms. The van der Waals surface area contributed by atoms with Gasteiger partial charge in [0.1, 0.15) is 37.9 Å². The summed E-state index contributed by atoms with van der Waals surface area (Å²) >= 11 is 0. The first-order chi connectivity index (χ1) is 26.6. The summed E-state index contributed by atoms with van der Waals surface area (Å²) in [5.41, 5.74) is 5.96. The number of hydrogen-bond donors (Lipinski definition) is 2. The van der Waals surface area contributed by atoms with Crippen molar-refractivity contribution in [1.29, 1.82) is 0 Å². The normalized spacial score (nSPS) is 15.7. The van der Waals surface area contributed by atoms with Gasteiger partial charge >= 0.3 is 11.9 Å². The highest BCUT2D eigenvalue weighted by molar-refractivity contribution is 5.87. The predicted octanol–water partition coefficient (Wildman–Crippen LogP) is 9.70. The second-order valence-corrected chi connectivity index (χ2v) is 15.7. The summed E-state index contributed by atoms with van der Waals surface area (Å²) in [5, 5.41) is 18.6. The molecule has 4 rings (SSSR count). The van der Waals surface area contributed by atoms with E-state index in [1.807, 2.05) is 12.1 Å². The molecule has 3 aromatic carbocycles. The summed E-state index contributed by atoms with van der Waals surface area (Å²) < 4.78 is 22.5. The second kappa shape index (κ2) is 22.4. The molecule has 1 aliphatic carbocycles. The number of benzene rings is 3. The highest BCUT2D eigenvalue weighted by Crippen LogP contribution is 2.36. The van der Waals surface area contributed by atoms with Crippen LogP contribution in [0.5, 0.6) is 11.5 Å². The fourth-order valence-corrected chi connectivity index (χ4v) is 7.16. The van der Waals surface area contributed by atoms with Crippen molar-refractivity contribution in [3.63, 3.8) is 0 Å². The summed E-state index contributed by atoms with van der Waals surface area (Å²) in [7, 11) is 0. The zero-order valence-corrected chi connectivity index (χ0v) is 33.7. The van der Waals surface area contributed by atoms with Gasteiger partial charge in [0.25, 0.3) is 0 Å². The minimum atomic E-state index is -0.995. The molecule has 0 amide bonds. The molecule has 300 valence electrons. The van der Waals surface area contributed by atoms with Gasteiger partial charge in [-0.1, -0.05) is 121 Å². The molecule has 0 heterocycles. The number of aliphatic hydroxyl groups is 2. The summed E-state index contributed by atoms with van der Waals surface area (Å²) in [6.07, 6.45) is 15.5. The van der Waals surface area contributed by atoms with E-state index < -0.39 is 24.0 Å². The van der Waals surface area contributed by atoms with E-state index in [2.05, 4.69) is 62.9 Å². The molecule has 0 aliphatic heterocycles. The van der Waals surface area contributed by atoms with E-state index in [-0.39, 0.29) is 38.6 Å². The average molecular weight is 757 g/mol.